The van der Waals surface area contributed by atoms with E-state index < -0.39 is 11.9 Å². The molecule has 0 saturated carbocycles. The Morgan fingerprint density at radius 2 is 1.76 bits per heavy atom. The fourth-order valence-corrected chi connectivity index (χ4v) is 5.40. The van der Waals surface area contributed by atoms with Crippen LogP contribution in [0.25, 0.3) is 0 Å². The smallest absolute Gasteiger partial charge is 0.304 e. The number of pyridine rings is 1. The number of amides is 2. The van der Waals surface area contributed by atoms with Crippen molar-refractivity contribution in [3.8, 4) is 0 Å². The van der Waals surface area contributed by atoms with Crippen molar-refractivity contribution < 1.29 is 19.5 Å². The zero-order chi connectivity index (χ0) is 25.8. The number of carbonyl (C=O) groups is 3. The molecule has 190 valence electrons. The van der Waals surface area contributed by atoms with E-state index in [2.05, 4.69) is 10.3 Å². The lowest BCUT2D eigenvalue weighted by Crippen LogP contribution is -2.42. The van der Waals surface area contributed by atoms with Crippen molar-refractivity contribution in [2.75, 3.05) is 36.4 Å². The molecule has 2 unspecified atom stereocenters. The van der Waals surface area contributed by atoms with Crippen LogP contribution >= 0.6 is 0 Å². The van der Waals surface area contributed by atoms with Crippen LogP contribution in [0.15, 0.2) is 72.9 Å². The minimum atomic E-state index is -0.938. The molecule has 0 aliphatic carbocycles. The third kappa shape index (κ3) is 5.33. The van der Waals surface area contributed by atoms with E-state index in [4.69, 9.17) is 0 Å². The van der Waals surface area contributed by atoms with Gasteiger partial charge in [0.2, 0.25) is 5.91 Å². The zero-order valence-electron chi connectivity index (χ0n) is 20.5. The molecule has 3 heterocycles. The number of aliphatic carboxylic acids is 1. The molecule has 37 heavy (non-hydrogen) atoms. The Balaban J connectivity index is 1.31. The number of carboxylic acid groups (broad SMARTS) is 1. The Morgan fingerprint density at radius 3 is 2.54 bits per heavy atom. The molecule has 2 atom stereocenters. The van der Waals surface area contributed by atoms with Crippen molar-refractivity contribution in [3.05, 3.63) is 89.6 Å². The summed E-state index contributed by atoms with van der Waals surface area (Å²) in [5.74, 6) is -0.567. The van der Waals surface area contributed by atoms with Crippen molar-refractivity contribution in [2.24, 2.45) is 5.92 Å². The van der Waals surface area contributed by atoms with Crippen LogP contribution in [-0.2, 0) is 9.59 Å². The number of para-hydroxylation sites is 1. The molecule has 5 rings (SSSR count). The maximum absolute atomic E-state index is 13.7. The molecule has 2 aliphatic rings. The summed E-state index contributed by atoms with van der Waals surface area (Å²) in [7, 11) is 0. The van der Waals surface area contributed by atoms with Gasteiger partial charge in [0.25, 0.3) is 5.91 Å². The van der Waals surface area contributed by atoms with Crippen LogP contribution in [0.4, 0.5) is 11.5 Å². The van der Waals surface area contributed by atoms with Crippen LogP contribution in [-0.4, -0.2) is 59.0 Å². The lowest BCUT2D eigenvalue weighted by Gasteiger charge is -2.26. The lowest BCUT2D eigenvalue weighted by molar-refractivity contribution is -0.137. The molecule has 0 bridgehead atoms. The number of carboxylic acids is 1. The predicted octanol–water partition coefficient (Wildman–Crippen LogP) is 4.00. The van der Waals surface area contributed by atoms with E-state index >= 15 is 0 Å². The average molecular weight is 499 g/mol. The number of carbonyl (C=O) groups excluding carboxylic acids is 2. The highest BCUT2D eigenvalue weighted by molar-refractivity contribution is 6.11. The number of rotatable bonds is 8. The van der Waals surface area contributed by atoms with Gasteiger partial charge in [-0.05, 0) is 54.2 Å². The molecule has 2 aromatic carbocycles. The van der Waals surface area contributed by atoms with E-state index in [1.807, 2.05) is 53.4 Å². The van der Waals surface area contributed by atoms with Crippen molar-refractivity contribution in [3.63, 3.8) is 0 Å². The average Bonchev–Trinajstić information content (AvgIpc) is 3.37. The standard InChI is InChI=1S/C29H30N4O4/c34-27(32-16-13-20(18-32)12-15-31-26-11-5-6-14-30-26)19-33-25-10-4-3-8-22(25)24(17-28(35)36)21-7-1-2-9-23(21)29(33)37/h1-11,14,20,24H,12-13,15-19H2,(H,30,31)(H,35,36). The first-order valence-electron chi connectivity index (χ1n) is 12.7. The Kier molecular flexibility index (Phi) is 7.16. The van der Waals surface area contributed by atoms with Gasteiger partial charge in [0.05, 0.1) is 6.42 Å². The van der Waals surface area contributed by atoms with Crippen LogP contribution in [0.5, 0.6) is 0 Å². The van der Waals surface area contributed by atoms with Gasteiger partial charge in [-0.1, -0.05) is 42.5 Å². The normalized spacial score (nSPS) is 18.6. The summed E-state index contributed by atoms with van der Waals surface area (Å²) in [5.41, 5.74) is 2.46. The van der Waals surface area contributed by atoms with Crippen LogP contribution in [0.3, 0.4) is 0 Å². The van der Waals surface area contributed by atoms with Gasteiger partial charge in [-0.3, -0.25) is 19.3 Å². The van der Waals surface area contributed by atoms with Gasteiger partial charge in [0.1, 0.15) is 12.4 Å². The number of anilines is 2. The summed E-state index contributed by atoms with van der Waals surface area (Å²) in [6.07, 6.45) is 3.46. The van der Waals surface area contributed by atoms with E-state index in [1.165, 1.54) is 4.90 Å². The van der Waals surface area contributed by atoms with Gasteiger partial charge in [-0.2, -0.15) is 0 Å². The first-order chi connectivity index (χ1) is 18.0. The summed E-state index contributed by atoms with van der Waals surface area (Å²) >= 11 is 0. The molecule has 8 heteroatoms. The summed E-state index contributed by atoms with van der Waals surface area (Å²) in [6.45, 7) is 2.02. The van der Waals surface area contributed by atoms with Gasteiger partial charge in [-0.15, -0.1) is 0 Å². The Labute approximate surface area is 215 Å². The summed E-state index contributed by atoms with van der Waals surface area (Å²) in [5, 5.41) is 12.9. The fourth-order valence-electron chi connectivity index (χ4n) is 5.40. The SMILES string of the molecule is O=C(O)CC1c2ccccc2C(=O)N(CC(=O)N2CCC(CCNc3ccccn3)C2)c2ccccc21. The largest absolute Gasteiger partial charge is 0.481 e. The summed E-state index contributed by atoms with van der Waals surface area (Å²) in [4.78, 5) is 46.5. The molecule has 3 aromatic rings. The number of fused-ring (bicyclic) bond motifs is 2. The van der Waals surface area contributed by atoms with Crippen molar-refractivity contribution in [1.82, 2.24) is 9.88 Å². The van der Waals surface area contributed by atoms with E-state index in [1.54, 1.807) is 24.4 Å². The van der Waals surface area contributed by atoms with Crippen molar-refractivity contribution in [2.45, 2.75) is 25.2 Å². The van der Waals surface area contributed by atoms with Crippen molar-refractivity contribution in [1.29, 1.82) is 0 Å². The van der Waals surface area contributed by atoms with Gasteiger partial charge in [0.15, 0.2) is 0 Å². The molecule has 1 saturated heterocycles. The second-order valence-electron chi connectivity index (χ2n) is 9.61. The first-order valence-corrected chi connectivity index (χ1v) is 12.7. The molecule has 2 aliphatic heterocycles. The number of aromatic nitrogens is 1. The summed E-state index contributed by atoms with van der Waals surface area (Å²) in [6, 6.07) is 20.2. The van der Waals surface area contributed by atoms with Crippen LogP contribution in [0.1, 0.15) is 46.7 Å². The molecule has 2 amide bonds. The van der Waals surface area contributed by atoms with Crippen LogP contribution in [0, 0.1) is 5.92 Å². The number of nitrogens with one attached hydrogen (secondary N) is 1. The predicted molar refractivity (Wildman–Crippen MR) is 141 cm³/mol. The van der Waals surface area contributed by atoms with E-state index in [0.29, 0.717) is 35.8 Å². The van der Waals surface area contributed by atoms with Crippen molar-refractivity contribution >= 4 is 29.3 Å². The zero-order valence-corrected chi connectivity index (χ0v) is 20.5. The quantitative estimate of drug-likeness (QED) is 0.487. The second-order valence-corrected chi connectivity index (χ2v) is 9.61. The topological polar surface area (TPSA) is 103 Å². The van der Waals surface area contributed by atoms with Gasteiger partial charge in [-0.25, -0.2) is 4.98 Å². The molecule has 1 aromatic heterocycles. The number of nitrogens with zero attached hydrogens (tertiary/aromatic N) is 3. The van der Waals surface area contributed by atoms with E-state index in [0.717, 1.165) is 30.8 Å². The maximum atomic E-state index is 13.7. The Morgan fingerprint density at radius 1 is 1.00 bits per heavy atom. The Bertz CT molecular complexity index is 1300. The van der Waals surface area contributed by atoms with Gasteiger partial charge in [0, 0.05) is 43.0 Å². The monoisotopic (exact) mass is 498 g/mol. The van der Waals surface area contributed by atoms with Gasteiger partial charge < -0.3 is 15.3 Å². The highest BCUT2D eigenvalue weighted by atomic mass is 16.4. The second kappa shape index (κ2) is 10.8. The summed E-state index contributed by atoms with van der Waals surface area (Å²) < 4.78 is 0. The number of hydrogen-bond acceptors (Lipinski definition) is 5. The van der Waals surface area contributed by atoms with E-state index in [9.17, 15) is 19.5 Å². The molecule has 8 nitrogen and oxygen atoms in total. The maximum Gasteiger partial charge on any atom is 0.304 e. The minimum absolute atomic E-state index is 0.0805. The van der Waals surface area contributed by atoms with Gasteiger partial charge >= 0.3 is 5.97 Å². The molecule has 2 N–H and O–H groups in total. The lowest BCUT2D eigenvalue weighted by atomic mass is 9.86. The molecule has 1 fully saturated rings. The highest BCUT2D eigenvalue weighted by Crippen LogP contribution is 2.40. The molecule has 0 spiro atoms. The minimum Gasteiger partial charge on any atom is -0.481 e. The number of hydrogen-bond donors (Lipinski definition) is 2. The molecular formula is C29H30N4O4. The first kappa shape index (κ1) is 24.5. The van der Waals surface area contributed by atoms with Crippen LogP contribution < -0.4 is 10.2 Å². The number of benzene rings is 2. The molecular weight excluding hydrogens is 468 g/mol. The third-order valence-electron chi connectivity index (χ3n) is 7.25. The third-order valence-corrected chi connectivity index (χ3v) is 7.25. The highest BCUT2D eigenvalue weighted by Gasteiger charge is 2.35. The fraction of sp³-hybridized carbons (Fsp3) is 0.310. The van der Waals surface area contributed by atoms with Crippen LogP contribution in [0.2, 0.25) is 0 Å². The number of likely N-dealkylation sites (tertiary alicyclic amines) is 1. The Hall–Kier alpha value is -4.20. The van der Waals surface area contributed by atoms with E-state index in [-0.39, 0.29) is 24.8 Å². The molecule has 0 radical (unpaired) electrons.